The molecule has 0 saturated heterocycles. The number of carbonyl (C=O) groups excluding carboxylic acids is 4. The van der Waals surface area contributed by atoms with Gasteiger partial charge in [0.1, 0.15) is 6.04 Å². The molecule has 0 aliphatic rings. The Bertz CT molecular complexity index is 678. The minimum Gasteiger partial charge on any atom is -0.454 e. The van der Waals surface area contributed by atoms with Crippen LogP contribution in [0.4, 0.5) is 10.5 Å². The van der Waals surface area contributed by atoms with Crippen LogP contribution >= 0.6 is 11.8 Å². The Morgan fingerprint density at radius 1 is 1.19 bits per heavy atom. The molecule has 4 amide bonds. The molecule has 0 aliphatic heterocycles. The Morgan fingerprint density at radius 2 is 1.81 bits per heavy atom. The summed E-state index contributed by atoms with van der Waals surface area (Å²) in [5.74, 6) is -0.813. The van der Waals surface area contributed by atoms with Gasteiger partial charge in [-0.1, -0.05) is 0 Å². The van der Waals surface area contributed by atoms with Gasteiger partial charge in [-0.05, 0) is 42.7 Å². The van der Waals surface area contributed by atoms with E-state index >= 15 is 0 Å². The van der Waals surface area contributed by atoms with Crippen LogP contribution in [0.3, 0.4) is 0 Å². The van der Waals surface area contributed by atoms with E-state index in [0.29, 0.717) is 23.4 Å². The van der Waals surface area contributed by atoms with E-state index in [1.165, 1.54) is 16.7 Å². The summed E-state index contributed by atoms with van der Waals surface area (Å²) < 4.78 is 4.94. The van der Waals surface area contributed by atoms with Gasteiger partial charge in [0.25, 0.3) is 11.8 Å². The van der Waals surface area contributed by atoms with Crippen LogP contribution in [0.2, 0.25) is 0 Å². The number of hydrogen-bond acceptors (Lipinski definition) is 6. The molecule has 1 atom stereocenters. The summed E-state index contributed by atoms with van der Waals surface area (Å²) in [6.07, 6.45) is 2.20. The number of benzene rings is 1. The van der Waals surface area contributed by atoms with Crippen LogP contribution in [-0.4, -0.2) is 67.5 Å². The highest BCUT2D eigenvalue weighted by Crippen LogP contribution is 2.11. The molecule has 0 radical (unpaired) electrons. The van der Waals surface area contributed by atoms with Crippen LogP contribution < -0.4 is 16.4 Å². The van der Waals surface area contributed by atoms with Crippen molar-refractivity contribution in [2.24, 2.45) is 5.73 Å². The summed E-state index contributed by atoms with van der Waals surface area (Å²) in [4.78, 5) is 48.1. The van der Waals surface area contributed by atoms with Gasteiger partial charge in [0.2, 0.25) is 0 Å². The molecule has 0 aliphatic carbocycles. The largest absolute Gasteiger partial charge is 0.454 e. The highest BCUT2D eigenvalue weighted by atomic mass is 32.2. The highest BCUT2D eigenvalue weighted by molar-refractivity contribution is 7.98. The van der Waals surface area contributed by atoms with Crippen molar-refractivity contribution in [2.75, 3.05) is 38.0 Å². The van der Waals surface area contributed by atoms with Gasteiger partial charge in [0, 0.05) is 25.3 Å². The molecule has 9 nitrogen and oxygen atoms in total. The van der Waals surface area contributed by atoms with Gasteiger partial charge >= 0.3 is 12.0 Å². The van der Waals surface area contributed by atoms with Crippen molar-refractivity contribution >= 4 is 41.3 Å². The van der Waals surface area contributed by atoms with E-state index < -0.39 is 30.6 Å². The van der Waals surface area contributed by atoms with Crippen molar-refractivity contribution in [2.45, 2.75) is 12.5 Å². The number of nitrogens with zero attached hydrogens (tertiary/aromatic N) is 1. The zero-order chi connectivity index (χ0) is 20.4. The number of nitrogens with one attached hydrogen (secondary N) is 2. The SMILES string of the molecule is CSCC[C@H](NC(N)=O)C(=O)OCC(=O)Nc1ccc(C(=O)N(C)C)cc1. The second-order valence-corrected chi connectivity index (χ2v) is 6.76. The predicted octanol–water partition coefficient (Wildman–Crippen LogP) is 0.660. The first-order chi connectivity index (χ1) is 12.7. The molecule has 148 valence electrons. The van der Waals surface area contributed by atoms with E-state index in [1.807, 2.05) is 6.26 Å². The molecule has 1 aromatic rings. The van der Waals surface area contributed by atoms with Crippen LogP contribution in [0.25, 0.3) is 0 Å². The van der Waals surface area contributed by atoms with Crippen molar-refractivity contribution < 1.29 is 23.9 Å². The second-order valence-electron chi connectivity index (χ2n) is 5.78. The molecule has 27 heavy (non-hydrogen) atoms. The minimum atomic E-state index is -0.904. The van der Waals surface area contributed by atoms with Crippen LogP contribution in [0.1, 0.15) is 16.8 Å². The number of thioether (sulfide) groups is 1. The third kappa shape index (κ3) is 7.99. The van der Waals surface area contributed by atoms with Crippen molar-refractivity contribution in [1.82, 2.24) is 10.2 Å². The molecule has 0 saturated carbocycles. The van der Waals surface area contributed by atoms with Gasteiger partial charge in [0.15, 0.2) is 6.61 Å². The average Bonchev–Trinajstić information content (AvgIpc) is 2.62. The highest BCUT2D eigenvalue weighted by Gasteiger charge is 2.21. The van der Waals surface area contributed by atoms with Gasteiger partial charge < -0.3 is 26.0 Å². The maximum Gasteiger partial charge on any atom is 0.329 e. The van der Waals surface area contributed by atoms with Gasteiger partial charge in [-0.25, -0.2) is 9.59 Å². The van der Waals surface area contributed by atoms with Gasteiger partial charge in [-0.2, -0.15) is 11.8 Å². The third-order valence-electron chi connectivity index (χ3n) is 3.38. The van der Waals surface area contributed by atoms with Crippen LogP contribution in [0, 0.1) is 0 Å². The molecule has 0 heterocycles. The number of nitrogens with two attached hydrogens (primary N) is 1. The molecular weight excluding hydrogens is 372 g/mol. The lowest BCUT2D eigenvalue weighted by atomic mass is 10.2. The lowest BCUT2D eigenvalue weighted by Crippen LogP contribution is -2.45. The molecule has 1 aromatic carbocycles. The molecule has 0 bridgehead atoms. The molecule has 0 spiro atoms. The Morgan fingerprint density at radius 3 is 2.33 bits per heavy atom. The molecular formula is C17H24N4O5S. The maximum atomic E-state index is 12.0. The zero-order valence-electron chi connectivity index (χ0n) is 15.5. The van der Waals surface area contributed by atoms with Crippen LogP contribution in [-0.2, 0) is 14.3 Å². The summed E-state index contributed by atoms with van der Waals surface area (Å²) in [7, 11) is 3.29. The number of carbonyl (C=O) groups is 4. The fourth-order valence-electron chi connectivity index (χ4n) is 2.05. The summed E-state index contributed by atoms with van der Waals surface area (Å²) >= 11 is 1.50. The Hall–Kier alpha value is -2.75. The number of anilines is 1. The fraction of sp³-hybridized carbons (Fsp3) is 0.412. The number of esters is 1. The predicted molar refractivity (Wildman–Crippen MR) is 104 cm³/mol. The van der Waals surface area contributed by atoms with E-state index in [-0.39, 0.29) is 5.91 Å². The molecule has 0 aromatic heterocycles. The summed E-state index contributed by atoms with van der Waals surface area (Å²) in [6.45, 7) is -0.507. The fourth-order valence-corrected chi connectivity index (χ4v) is 2.52. The number of amides is 4. The monoisotopic (exact) mass is 396 g/mol. The van der Waals surface area contributed by atoms with E-state index in [9.17, 15) is 19.2 Å². The van der Waals surface area contributed by atoms with Crippen molar-refractivity contribution in [3.63, 3.8) is 0 Å². The van der Waals surface area contributed by atoms with Crippen LogP contribution in [0.15, 0.2) is 24.3 Å². The number of primary amides is 1. The summed E-state index contributed by atoms with van der Waals surface area (Å²) in [5, 5.41) is 4.86. The van der Waals surface area contributed by atoms with Gasteiger partial charge in [-0.15, -0.1) is 0 Å². The number of hydrogen-bond donors (Lipinski definition) is 3. The van der Waals surface area contributed by atoms with Crippen molar-refractivity contribution in [3.8, 4) is 0 Å². The Labute approximate surface area is 162 Å². The Balaban J connectivity index is 2.54. The number of rotatable bonds is 9. The van der Waals surface area contributed by atoms with E-state index in [1.54, 1.807) is 38.4 Å². The molecule has 10 heteroatoms. The smallest absolute Gasteiger partial charge is 0.329 e. The molecule has 4 N–H and O–H groups in total. The van der Waals surface area contributed by atoms with Gasteiger partial charge in [-0.3, -0.25) is 9.59 Å². The quantitative estimate of drug-likeness (QED) is 0.526. The van der Waals surface area contributed by atoms with E-state index in [0.717, 1.165) is 0 Å². The lowest BCUT2D eigenvalue weighted by Gasteiger charge is -2.16. The standard InChI is InChI=1S/C17H24N4O5S/c1-21(2)15(23)11-4-6-12(7-5-11)19-14(22)10-26-16(24)13(8-9-27-3)20-17(18)25/h4-7,13H,8-10H2,1-3H3,(H,19,22)(H3,18,20,25)/t13-/m0/s1. The van der Waals surface area contributed by atoms with Crippen molar-refractivity contribution in [3.05, 3.63) is 29.8 Å². The summed E-state index contributed by atoms with van der Waals surface area (Å²) in [5.41, 5.74) is 5.99. The second kappa shape index (κ2) is 11.1. The first-order valence-corrected chi connectivity index (χ1v) is 9.47. The molecule has 0 unspecified atom stereocenters. The minimum absolute atomic E-state index is 0.153. The summed E-state index contributed by atoms with van der Waals surface area (Å²) in [6, 6.07) is 4.57. The number of ether oxygens (including phenoxy) is 1. The average molecular weight is 396 g/mol. The first-order valence-electron chi connectivity index (χ1n) is 8.07. The zero-order valence-corrected chi connectivity index (χ0v) is 16.3. The normalized spacial score (nSPS) is 11.2. The van der Waals surface area contributed by atoms with Crippen molar-refractivity contribution in [1.29, 1.82) is 0 Å². The Kier molecular flexibility index (Phi) is 9.14. The number of urea groups is 1. The maximum absolute atomic E-state index is 12.0. The lowest BCUT2D eigenvalue weighted by molar-refractivity contribution is -0.149. The van der Waals surface area contributed by atoms with Crippen LogP contribution in [0.5, 0.6) is 0 Å². The topological polar surface area (TPSA) is 131 Å². The van der Waals surface area contributed by atoms with Gasteiger partial charge in [0.05, 0.1) is 0 Å². The van der Waals surface area contributed by atoms with E-state index in [4.69, 9.17) is 10.5 Å². The third-order valence-corrected chi connectivity index (χ3v) is 4.02. The molecule has 0 fully saturated rings. The molecule has 1 rings (SSSR count). The first kappa shape index (κ1) is 22.3. The van der Waals surface area contributed by atoms with E-state index in [2.05, 4.69) is 10.6 Å².